The predicted molar refractivity (Wildman–Crippen MR) is 71.8 cm³/mol. The minimum Gasteiger partial charge on any atom is -0.483 e. The van der Waals surface area contributed by atoms with E-state index in [2.05, 4.69) is 10.1 Å². The molecule has 0 spiro atoms. The normalized spacial score (nSPS) is 11.6. The van der Waals surface area contributed by atoms with E-state index in [-0.39, 0.29) is 6.61 Å². The fraction of sp³-hybridized carbons (Fsp3) is 0.429. The SMILES string of the molecule is Cc1cccc(C)c1OCc1nc(C(C)(C)N)no1. The van der Waals surface area contributed by atoms with Crippen molar-refractivity contribution in [1.82, 2.24) is 10.1 Å². The molecule has 0 saturated heterocycles. The molecule has 1 heterocycles. The zero-order valence-electron chi connectivity index (χ0n) is 11.7. The zero-order valence-corrected chi connectivity index (χ0v) is 11.7. The Morgan fingerprint density at radius 2 is 1.89 bits per heavy atom. The number of aryl methyl sites for hydroxylation is 2. The van der Waals surface area contributed by atoms with Gasteiger partial charge in [-0.3, -0.25) is 0 Å². The molecule has 0 radical (unpaired) electrons. The predicted octanol–water partition coefficient (Wildman–Crippen LogP) is 2.46. The van der Waals surface area contributed by atoms with E-state index >= 15 is 0 Å². The Bertz CT molecular complexity index is 550. The van der Waals surface area contributed by atoms with Gasteiger partial charge in [-0.25, -0.2) is 0 Å². The van der Waals surface area contributed by atoms with Crippen LogP contribution in [0.2, 0.25) is 0 Å². The lowest BCUT2D eigenvalue weighted by Crippen LogP contribution is -2.30. The van der Waals surface area contributed by atoms with Gasteiger partial charge in [-0.15, -0.1) is 0 Å². The highest BCUT2D eigenvalue weighted by atomic mass is 16.5. The first kappa shape index (κ1) is 13.5. The summed E-state index contributed by atoms with van der Waals surface area (Å²) >= 11 is 0. The summed E-state index contributed by atoms with van der Waals surface area (Å²) in [7, 11) is 0. The average molecular weight is 261 g/mol. The molecule has 0 atom stereocenters. The number of rotatable bonds is 4. The van der Waals surface area contributed by atoms with Gasteiger partial charge in [-0.2, -0.15) is 4.98 Å². The third kappa shape index (κ3) is 3.12. The lowest BCUT2D eigenvalue weighted by Gasteiger charge is -2.11. The molecule has 0 fully saturated rings. The van der Waals surface area contributed by atoms with Crippen LogP contribution in [-0.4, -0.2) is 10.1 Å². The Hall–Kier alpha value is -1.88. The second-order valence-electron chi connectivity index (χ2n) is 5.24. The number of benzene rings is 1. The zero-order chi connectivity index (χ0) is 14.0. The number of aromatic nitrogens is 2. The summed E-state index contributed by atoms with van der Waals surface area (Å²) in [6.07, 6.45) is 0. The molecule has 0 aliphatic heterocycles. The molecule has 5 nitrogen and oxygen atoms in total. The third-order valence-electron chi connectivity index (χ3n) is 2.79. The number of hydrogen-bond acceptors (Lipinski definition) is 5. The molecule has 0 aliphatic rings. The van der Waals surface area contributed by atoms with Crippen LogP contribution in [0.15, 0.2) is 22.7 Å². The van der Waals surface area contributed by atoms with E-state index in [0.717, 1.165) is 16.9 Å². The van der Waals surface area contributed by atoms with E-state index in [9.17, 15) is 0 Å². The number of ether oxygens (including phenoxy) is 1. The van der Waals surface area contributed by atoms with E-state index in [1.807, 2.05) is 45.9 Å². The van der Waals surface area contributed by atoms with Crippen molar-refractivity contribution in [3.8, 4) is 5.75 Å². The first-order valence-electron chi connectivity index (χ1n) is 6.19. The molecule has 0 unspecified atom stereocenters. The van der Waals surface area contributed by atoms with Crippen LogP contribution < -0.4 is 10.5 Å². The van der Waals surface area contributed by atoms with Gasteiger partial charge in [0, 0.05) is 0 Å². The summed E-state index contributed by atoms with van der Waals surface area (Å²) in [5, 5.41) is 3.85. The number of nitrogens with two attached hydrogens (primary N) is 1. The van der Waals surface area contributed by atoms with Crippen LogP contribution in [0.4, 0.5) is 0 Å². The fourth-order valence-corrected chi connectivity index (χ4v) is 1.74. The van der Waals surface area contributed by atoms with Crippen molar-refractivity contribution >= 4 is 0 Å². The van der Waals surface area contributed by atoms with Crippen molar-refractivity contribution in [3.05, 3.63) is 41.0 Å². The quantitative estimate of drug-likeness (QED) is 0.915. The largest absolute Gasteiger partial charge is 0.483 e. The Morgan fingerprint density at radius 1 is 1.26 bits per heavy atom. The second kappa shape index (κ2) is 5.01. The van der Waals surface area contributed by atoms with Gasteiger partial charge < -0.3 is 15.0 Å². The molecule has 102 valence electrons. The lowest BCUT2D eigenvalue weighted by atomic mass is 10.1. The highest BCUT2D eigenvalue weighted by Gasteiger charge is 2.21. The topological polar surface area (TPSA) is 74.2 Å². The first-order chi connectivity index (χ1) is 8.88. The van der Waals surface area contributed by atoms with Crippen molar-refractivity contribution in [2.45, 2.75) is 39.8 Å². The van der Waals surface area contributed by atoms with Gasteiger partial charge in [0.05, 0.1) is 5.54 Å². The molecule has 1 aromatic carbocycles. The number of nitrogens with zero attached hydrogens (tertiary/aromatic N) is 2. The molecule has 1 aromatic heterocycles. The standard InChI is InChI=1S/C14H19N3O2/c1-9-6-5-7-10(2)12(9)18-8-11-16-13(17-19-11)14(3,4)15/h5-7H,8,15H2,1-4H3. The Balaban J connectivity index is 2.09. The van der Waals surface area contributed by atoms with Crippen LogP contribution in [0.1, 0.15) is 36.7 Å². The van der Waals surface area contributed by atoms with Crippen molar-refractivity contribution in [2.24, 2.45) is 5.73 Å². The molecule has 0 amide bonds. The van der Waals surface area contributed by atoms with Crippen LogP contribution in [0.3, 0.4) is 0 Å². The summed E-state index contributed by atoms with van der Waals surface area (Å²) in [4.78, 5) is 4.23. The van der Waals surface area contributed by atoms with Gasteiger partial charge in [0.25, 0.3) is 5.89 Å². The molecule has 0 aliphatic carbocycles. The smallest absolute Gasteiger partial charge is 0.264 e. The summed E-state index contributed by atoms with van der Waals surface area (Å²) in [5.74, 6) is 1.76. The molecule has 19 heavy (non-hydrogen) atoms. The molecule has 2 N–H and O–H groups in total. The Morgan fingerprint density at radius 3 is 2.42 bits per heavy atom. The maximum absolute atomic E-state index is 5.90. The lowest BCUT2D eigenvalue weighted by molar-refractivity contribution is 0.239. The van der Waals surface area contributed by atoms with Crippen molar-refractivity contribution in [3.63, 3.8) is 0 Å². The molecule has 0 saturated carbocycles. The summed E-state index contributed by atoms with van der Waals surface area (Å²) in [6.45, 7) is 7.91. The first-order valence-corrected chi connectivity index (χ1v) is 6.19. The van der Waals surface area contributed by atoms with Gasteiger partial charge in [0.2, 0.25) is 0 Å². The van der Waals surface area contributed by atoms with Gasteiger partial charge in [-0.1, -0.05) is 23.4 Å². The Labute approximate surface area is 112 Å². The summed E-state index contributed by atoms with van der Waals surface area (Å²) in [5.41, 5.74) is 7.45. The molecule has 0 bridgehead atoms. The highest BCUT2D eigenvalue weighted by molar-refractivity contribution is 5.39. The van der Waals surface area contributed by atoms with Crippen LogP contribution in [0.25, 0.3) is 0 Å². The second-order valence-corrected chi connectivity index (χ2v) is 5.24. The minimum atomic E-state index is -0.611. The van der Waals surface area contributed by atoms with E-state index in [1.165, 1.54) is 0 Å². The summed E-state index contributed by atoms with van der Waals surface area (Å²) < 4.78 is 10.9. The van der Waals surface area contributed by atoms with Gasteiger partial charge in [-0.05, 0) is 38.8 Å². The van der Waals surface area contributed by atoms with Crippen molar-refractivity contribution in [2.75, 3.05) is 0 Å². The number of hydrogen-bond donors (Lipinski definition) is 1. The average Bonchev–Trinajstić information content (AvgIpc) is 2.77. The maximum Gasteiger partial charge on any atom is 0.264 e. The maximum atomic E-state index is 5.90. The monoisotopic (exact) mass is 261 g/mol. The van der Waals surface area contributed by atoms with E-state index in [1.54, 1.807) is 0 Å². The third-order valence-corrected chi connectivity index (χ3v) is 2.79. The van der Waals surface area contributed by atoms with Crippen molar-refractivity contribution in [1.29, 1.82) is 0 Å². The van der Waals surface area contributed by atoms with E-state index < -0.39 is 5.54 Å². The van der Waals surface area contributed by atoms with Crippen LogP contribution in [0.5, 0.6) is 5.75 Å². The van der Waals surface area contributed by atoms with Gasteiger partial charge in [0.15, 0.2) is 12.4 Å². The van der Waals surface area contributed by atoms with Crippen LogP contribution in [0, 0.1) is 13.8 Å². The molecule has 5 heteroatoms. The minimum absolute atomic E-state index is 0.245. The van der Waals surface area contributed by atoms with E-state index in [0.29, 0.717) is 11.7 Å². The highest BCUT2D eigenvalue weighted by Crippen LogP contribution is 2.23. The van der Waals surface area contributed by atoms with E-state index in [4.69, 9.17) is 15.0 Å². The number of para-hydroxylation sites is 1. The van der Waals surface area contributed by atoms with Crippen molar-refractivity contribution < 1.29 is 9.26 Å². The molecule has 2 aromatic rings. The summed E-state index contributed by atoms with van der Waals surface area (Å²) in [6, 6.07) is 6.01. The van der Waals surface area contributed by atoms with Gasteiger partial charge >= 0.3 is 0 Å². The van der Waals surface area contributed by atoms with Crippen LogP contribution in [-0.2, 0) is 12.1 Å². The van der Waals surface area contributed by atoms with Gasteiger partial charge in [0.1, 0.15) is 5.75 Å². The molecule has 2 rings (SSSR count). The Kier molecular flexibility index (Phi) is 3.57. The molecular weight excluding hydrogens is 242 g/mol. The molecular formula is C14H19N3O2. The van der Waals surface area contributed by atoms with Crippen LogP contribution >= 0.6 is 0 Å². The fourth-order valence-electron chi connectivity index (χ4n) is 1.74.